The van der Waals surface area contributed by atoms with Gasteiger partial charge in [0.05, 0.1) is 0 Å². The van der Waals surface area contributed by atoms with Gasteiger partial charge in [0.1, 0.15) is 5.75 Å². The minimum atomic E-state index is -0.0398. The van der Waals surface area contributed by atoms with Crippen molar-refractivity contribution in [2.45, 2.75) is 6.92 Å². The summed E-state index contributed by atoms with van der Waals surface area (Å²) in [5, 5.41) is 9.31. The molecular formula is C16H14O2. The average molecular weight is 238 g/mol. The number of hydrogen-bond donors (Lipinski definition) is 1. The topological polar surface area (TPSA) is 37.3 Å². The number of allylic oxidation sites excluding steroid dienone is 1. The molecular weight excluding hydrogens is 224 g/mol. The predicted octanol–water partition coefficient (Wildman–Crippen LogP) is 3.60. The fraction of sp³-hybridized carbons (Fsp3) is 0.0625. The Balaban J connectivity index is 2.17. The van der Waals surface area contributed by atoms with E-state index >= 15 is 0 Å². The summed E-state index contributed by atoms with van der Waals surface area (Å²) in [6.07, 6.45) is 3.22. The normalized spacial score (nSPS) is 10.7. The van der Waals surface area contributed by atoms with Crippen molar-refractivity contribution in [3.05, 3.63) is 71.3 Å². The van der Waals surface area contributed by atoms with Gasteiger partial charge in [-0.05, 0) is 36.8 Å². The van der Waals surface area contributed by atoms with Gasteiger partial charge in [0.15, 0.2) is 5.78 Å². The number of rotatable bonds is 3. The van der Waals surface area contributed by atoms with Crippen LogP contribution in [0.15, 0.2) is 54.6 Å². The number of aromatic hydroxyl groups is 1. The largest absolute Gasteiger partial charge is 0.508 e. The van der Waals surface area contributed by atoms with Crippen molar-refractivity contribution >= 4 is 11.9 Å². The van der Waals surface area contributed by atoms with E-state index in [1.54, 1.807) is 30.3 Å². The van der Waals surface area contributed by atoms with Gasteiger partial charge in [0, 0.05) is 5.56 Å². The number of aryl methyl sites for hydroxylation is 1. The van der Waals surface area contributed by atoms with Crippen molar-refractivity contribution in [1.29, 1.82) is 0 Å². The number of carbonyl (C=O) groups excluding carboxylic acids is 1. The molecule has 0 spiro atoms. The molecule has 0 radical (unpaired) electrons. The van der Waals surface area contributed by atoms with Crippen molar-refractivity contribution in [3.8, 4) is 5.75 Å². The second-order valence-corrected chi connectivity index (χ2v) is 4.16. The number of ketones is 1. The van der Waals surface area contributed by atoms with Crippen LogP contribution < -0.4 is 0 Å². The van der Waals surface area contributed by atoms with Crippen molar-refractivity contribution in [1.82, 2.24) is 0 Å². The van der Waals surface area contributed by atoms with Crippen LogP contribution >= 0.6 is 0 Å². The molecule has 2 heteroatoms. The van der Waals surface area contributed by atoms with E-state index in [2.05, 4.69) is 0 Å². The van der Waals surface area contributed by atoms with Crippen LogP contribution in [0.1, 0.15) is 21.5 Å². The summed E-state index contributed by atoms with van der Waals surface area (Å²) in [7, 11) is 0. The minimum Gasteiger partial charge on any atom is -0.508 e. The van der Waals surface area contributed by atoms with Crippen molar-refractivity contribution in [2.75, 3.05) is 0 Å². The molecule has 1 N–H and O–H groups in total. The van der Waals surface area contributed by atoms with E-state index in [0.717, 1.165) is 11.1 Å². The average Bonchev–Trinajstić information content (AvgIpc) is 2.36. The number of hydrogen-bond acceptors (Lipinski definition) is 2. The number of phenolic OH excluding ortho intramolecular Hbond substituents is 1. The molecule has 90 valence electrons. The maximum Gasteiger partial charge on any atom is 0.185 e. The molecule has 2 nitrogen and oxygen atoms in total. The third-order valence-electron chi connectivity index (χ3n) is 2.60. The summed E-state index contributed by atoms with van der Waals surface area (Å²) in [6, 6.07) is 14.3. The summed E-state index contributed by atoms with van der Waals surface area (Å²) < 4.78 is 0. The first-order valence-corrected chi connectivity index (χ1v) is 5.73. The third-order valence-corrected chi connectivity index (χ3v) is 2.60. The van der Waals surface area contributed by atoms with Crippen LogP contribution in [-0.4, -0.2) is 10.9 Å². The zero-order chi connectivity index (χ0) is 13.0. The van der Waals surface area contributed by atoms with Crippen LogP contribution in [0, 0.1) is 6.92 Å². The van der Waals surface area contributed by atoms with E-state index in [4.69, 9.17) is 0 Å². The standard InChI is InChI=1S/C16H14O2/c1-12-4-2-6-14(10-12)16(18)9-8-13-5-3-7-15(17)11-13/h2-11,17H,1H3/b9-8+. The second-order valence-electron chi connectivity index (χ2n) is 4.16. The smallest absolute Gasteiger partial charge is 0.185 e. The molecule has 2 aromatic carbocycles. The third kappa shape index (κ3) is 3.08. The van der Waals surface area contributed by atoms with E-state index in [9.17, 15) is 9.90 Å². The zero-order valence-corrected chi connectivity index (χ0v) is 10.1. The van der Waals surface area contributed by atoms with Crippen LogP contribution in [0.5, 0.6) is 5.75 Å². The van der Waals surface area contributed by atoms with Crippen LogP contribution in [0.4, 0.5) is 0 Å². The Morgan fingerprint density at radius 2 is 1.89 bits per heavy atom. The first-order chi connectivity index (χ1) is 8.65. The molecule has 2 rings (SSSR count). The summed E-state index contributed by atoms with van der Waals surface area (Å²) in [5.74, 6) is 0.155. The Kier molecular flexibility index (Phi) is 3.58. The molecule has 0 unspecified atom stereocenters. The number of phenols is 1. The quantitative estimate of drug-likeness (QED) is 0.655. The van der Waals surface area contributed by atoms with Gasteiger partial charge < -0.3 is 5.11 Å². The molecule has 2 aromatic rings. The molecule has 0 aromatic heterocycles. The predicted molar refractivity (Wildman–Crippen MR) is 72.7 cm³/mol. The molecule has 0 fully saturated rings. The Hall–Kier alpha value is -2.35. The van der Waals surface area contributed by atoms with Gasteiger partial charge in [-0.15, -0.1) is 0 Å². The van der Waals surface area contributed by atoms with E-state index in [1.165, 1.54) is 6.08 Å². The Bertz CT molecular complexity index is 598. The monoisotopic (exact) mass is 238 g/mol. The first kappa shape index (κ1) is 12.1. The van der Waals surface area contributed by atoms with Crippen LogP contribution in [0.25, 0.3) is 6.08 Å². The summed E-state index contributed by atoms with van der Waals surface area (Å²) in [5.41, 5.74) is 2.54. The molecule has 0 bridgehead atoms. The van der Waals surface area contributed by atoms with Gasteiger partial charge in [-0.1, -0.05) is 42.0 Å². The van der Waals surface area contributed by atoms with Gasteiger partial charge in [0.2, 0.25) is 0 Å². The molecule has 0 amide bonds. The van der Waals surface area contributed by atoms with Crippen molar-refractivity contribution < 1.29 is 9.90 Å². The molecule has 0 saturated heterocycles. The highest BCUT2D eigenvalue weighted by molar-refractivity contribution is 6.06. The number of carbonyl (C=O) groups is 1. The lowest BCUT2D eigenvalue weighted by Gasteiger charge is -1.98. The fourth-order valence-corrected chi connectivity index (χ4v) is 1.69. The highest BCUT2D eigenvalue weighted by atomic mass is 16.3. The van der Waals surface area contributed by atoms with Crippen molar-refractivity contribution in [2.24, 2.45) is 0 Å². The Morgan fingerprint density at radius 3 is 2.61 bits per heavy atom. The highest BCUT2D eigenvalue weighted by Crippen LogP contribution is 2.13. The fourth-order valence-electron chi connectivity index (χ4n) is 1.69. The molecule has 0 heterocycles. The summed E-state index contributed by atoms with van der Waals surface area (Å²) in [4.78, 5) is 11.9. The van der Waals surface area contributed by atoms with Crippen molar-refractivity contribution in [3.63, 3.8) is 0 Å². The Morgan fingerprint density at radius 1 is 1.11 bits per heavy atom. The van der Waals surface area contributed by atoms with Crippen LogP contribution in [0.2, 0.25) is 0 Å². The lowest BCUT2D eigenvalue weighted by atomic mass is 10.1. The molecule has 18 heavy (non-hydrogen) atoms. The molecule has 0 atom stereocenters. The van der Waals surface area contributed by atoms with E-state index in [-0.39, 0.29) is 11.5 Å². The van der Waals surface area contributed by atoms with E-state index in [0.29, 0.717) is 5.56 Å². The van der Waals surface area contributed by atoms with Crippen LogP contribution in [-0.2, 0) is 0 Å². The molecule has 0 aliphatic heterocycles. The molecule has 0 aliphatic rings. The van der Waals surface area contributed by atoms with Gasteiger partial charge in [-0.2, -0.15) is 0 Å². The van der Waals surface area contributed by atoms with Gasteiger partial charge in [-0.3, -0.25) is 4.79 Å². The van der Waals surface area contributed by atoms with Crippen LogP contribution in [0.3, 0.4) is 0 Å². The maximum absolute atomic E-state index is 11.9. The maximum atomic E-state index is 11.9. The first-order valence-electron chi connectivity index (χ1n) is 5.73. The van der Waals surface area contributed by atoms with Gasteiger partial charge >= 0.3 is 0 Å². The van der Waals surface area contributed by atoms with Gasteiger partial charge in [0.25, 0.3) is 0 Å². The minimum absolute atomic E-state index is 0.0398. The van der Waals surface area contributed by atoms with E-state index in [1.807, 2.05) is 31.2 Å². The SMILES string of the molecule is Cc1cccc(C(=O)/C=C/c2cccc(O)c2)c1. The highest BCUT2D eigenvalue weighted by Gasteiger charge is 2.01. The zero-order valence-electron chi connectivity index (χ0n) is 10.1. The molecule has 0 aliphatic carbocycles. The summed E-state index contributed by atoms with van der Waals surface area (Å²) in [6.45, 7) is 1.95. The second kappa shape index (κ2) is 5.32. The van der Waals surface area contributed by atoms with Gasteiger partial charge in [-0.25, -0.2) is 0 Å². The van der Waals surface area contributed by atoms with E-state index < -0.39 is 0 Å². The Labute approximate surface area is 106 Å². The molecule has 0 saturated carbocycles. The lowest BCUT2D eigenvalue weighted by Crippen LogP contribution is -1.94. The lowest BCUT2D eigenvalue weighted by molar-refractivity contribution is 0.104. The number of benzene rings is 2. The summed E-state index contributed by atoms with van der Waals surface area (Å²) >= 11 is 0.